The Balaban J connectivity index is 1.92. The average molecular weight is 219 g/mol. The fourth-order valence-corrected chi connectivity index (χ4v) is 1.53. The average Bonchev–Trinajstić information content (AvgIpc) is 2.79. The van der Waals surface area contributed by atoms with E-state index in [9.17, 15) is 4.39 Å². The van der Waals surface area contributed by atoms with Crippen LogP contribution < -0.4 is 5.32 Å². The quantitative estimate of drug-likeness (QED) is 0.829. The van der Waals surface area contributed by atoms with Gasteiger partial charge in [0.2, 0.25) is 0 Å². The van der Waals surface area contributed by atoms with Gasteiger partial charge in [-0.25, -0.2) is 4.39 Å². The minimum absolute atomic E-state index is 0.196. The van der Waals surface area contributed by atoms with Crippen molar-refractivity contribution < 1.29 is 4.39 Å². The van der Waals surface area contributed by atoms with Gasteiger partial charge in [0.1, 0.15) is 5.82 Å². The Morgan fingerprint density at radius 2 is 2.38 bits per heavy atom. The SMILES string of the molecule is CC(NCc1cccc(F)c1)c1cn[nH]c1. The van der Waals surface area contributed by atoms with Crippen LogP contribution in [0.2, 0.25) is 0 Å². The van der Waals surface area contributed by atoms with Gasteiger partial charge < -0.3 is 5.32 Å². The maximum atomic E-state index is 12.9. The molecule has 1 aromatic heterocycles. The molecule has 1 aromatic carbocycles. The molecule has 0 saturated heterocycles. The van der Waals surface area contributed by atoms with Crippen LogP contribution in [0, 0.1) is 5.82 Å². The molecule has 3 nitrogen and oxygen atoms in total. The van der Waals surface area contributed by atoms with E-state index in [-0.39, 0.29) is 11.9 Å². The molecule has 0 amide bonds. The van der Waals surface area contributed by atoms with E-state index >= 15 is 0 Å². The van der Waals surface area contributed by atoms with Gasteiger partial charge in [0, 0.05) is 24.3 Å². The summed E-state index contributed by atoms with van der Waals surface area (Å²) in [6.07, 6.45) is 3.63. The second kappa shape index (κ2) is 4.90. The number of hydrogen-bond donors (Lipinski definition) is 2. The Morgan fingerprint density at radius 3 is 3.06 bits per heavy atom. The Kier molecular flexibility index (Phi) is 3.31. The molecule has 0 aliphatic carbocycles. The summed E-state index contributed by atoms with van der Waals surface area (Å²) < 4.78 is 12.9. The molecule has 0 fully saturated rings. The summed E-state index contributed by atoms with van der Waals surface area (Å²) in [4.78, 5) is 0. The van der Waals surface area contributed by atoms with Crippen molar-refractivity contribution in [2.24, 2.45) is 0 Å². The summed E-state index contributed by atoms with van der Waals surface area (Å²) in [6.45, 7) is 2.69. The van der Waals surface area contributed by atoms with Gasteiger partial charge in [0.05, 0.1) is 6.20 Å². The van der Waals surface area contributed by atoms with Gasteiger partial charge in [-0.1, -0.05) is 12.1 Å². The normalized spacial score (nSPS) is 12.6. The third-order valence-electron chi connectivity index (χ3n) is 2.52. The third kappa shape index (κ3) is 2.67. The standard InChI is InChI=1S/C12H14FN3/c1-9(11-7-15-16-8-11)14-6-10-3-2-4-12(13)5-10/h2-5,7-9,14H,6H2,1H3,(H,15,16). The van der Waals surface area contributed by atoms with Gasteiger partial charge in [-0.2, -0.15) is 5.10 Å². The lowest BCUT2D eigenvalue weighted by atomic mass is 10.1. The first-order valence-electron chi connectivity index (χ1n) is 5.22. The van der Waals surface area contributed by atoms with Crippen LogP contribution in [0.15, 0.2) is 36.7 Å². The van der Waals surface area contributed by atoms with Gasteiger partial charge in [-0.15, -0.1) is 0 Å². The summed E-state index contributed by atoms with van der Waals surface area (Å²) in [5.41, 5.74) is 2.03. The molecule has 1 unspecified atom stereocenters. The van der Waals surface area contributed by atoms with Crippen molar-refractivity contribution in [1.82, 2.24) is 15.5 Å². The monoisotopic (exact) mass is 219 g/mol. The third-order valence-corrected chi connectivity index (χ3v) is 2.52. The largest absolute Gasteiger partial charge is 0.306 e. The van der Waals surface area contributed by atoms with Crippen LogP contribution in [0.1, 0.15) is 24.1 Å². The Labute approximate surface area is 93.7 Å². The van der Waals surface area contributed by atoms with Crippen molar-refractivity contribution in [1.29, 1.82) is 0 Å². The van der Waals surface area contributed by atoms with Gasteiger partial charge in [0.25, 0.3) is 0 Å². The van der Waals surface area contributed by atoms with Crippen LogP contribution in [-0.2, 0) is 6.54 Å². The molecule has 16 heavy (non-hydrogen) atoms. The fraction of sp³-hybridized carbons (Fsp3) is 0.250. The van der Waals surface area contributed by atoms with Crippen molar-refractivity contribution in [3.8, 4) is 0 Å². The first kappa shape index (κ1) is 10.8. The molecule has 0 bridgehead atoms. The van der Waals surface area contributed by atoms with Crippen LogP contribution in [-0.4, -0.2) is 10.2 Å². The number of nitrogens with zero attached hydrogens (tertiary/aromatic N) is 1. The number of benzene rings is 1. The number of hydrogen-bond acceptors (Lipinski definition) is 2. The van der Waals surface area contributed by atoms with Crippen LogP contribution in [0.5, 0.6) is 0 Å². The molecule has 0 saturated carbocycles. The topological polar surface area (TPSA) is 40.7 Å². The molecular weight excluding hydrogens is 205 g/mol. The minimum Gasteiger partial charge on any atom is -0.306 e. The molecule has 2 N–H and O–H groups in total. The predicted octanol–water partition coefficient (Wildman–Crippen LogP) is 2.40. The van der Waals surface area contributed by atoms with Gasteiger partial charge in [-0.05, 0) is 24.6 Å². The fourth-order valence-electron chi connectivity index (χ4n) is 1.53. The lowest BCUT2D eigenvalue weighted by Gasteiger charge is -2.11. The number of H-pyrrole nitrogens is 1. The molecule has 1 atom stereocenters. The molecule has 2 aromatic rings. The van der Waals surface area contributed by atoms with Gasteiger partial charge in [0.15, 0.2) is 0 Å². The zero-order valence-electron chi connectivity index (χ0n) is 9.07. The van der Waals surface area contributed by atoms with Crippen molar-refractivity contribution in [3.63, 3.8) is 0 Å². The highest BCUT2D eigenvalue weighted by Crippen LogP contribution is 2.11. The van der Waals surface area contributed by atoms with E-state index in [0.29, 0.717) is 6.54 Å². The number of aromatic amines is 1. The van der Waals surface area contributed by atoms with E-state index < -0.39 is 0 Å². The number of halogens is 1. The highest BCUT2D eigenvalue weighted by atomic mass is 19.1. The highest BCUT2D eigenvalue weighted by molar-refractivity contribution is 5.17. The highest BCUT2D eigenvalue weighted by Gasteiger charge is 2.05. The summed E-state index contributed by atoms with van der Waals surface area (Å²) >= 11 is 0. The molecule has 1 heterocycles. The lowest BCUT2D eigenvalue weighted by Crippen LogP contribution is -2.17. The first-order valence-corrected chi connectivity index (χ1v) is 5.22. The van der Waals surface area contributed by atoms with E-state index in [1.807, 2.05) is 19.2 Å². The summed E-state index contributed by atoms with van der Waals surface area (Å²) in [5, 5.41) is 9.96. The van der Waals surface area contributed by atoms with Crippen molar-refractivity contribution in [2.75, 3.05) is 0 Å². The van der Waals surface area contributed by atoms with Crippen molar-refractivity contribution in [2.45, 2.75) is 19.5 Å². The maximum Gasteiger partial charge on any atom is 0.123 e. The molecule has 0 aliphatic rings. The second-order valence-corrected chi connectivity index (χ2v) is 3.76. The summed E-state index contributed by atoms with van der Waals surface area (Å²) in [7, 11) is 0. The molecule has 0 spiro atoms. The smallest absolute Gasteiger partial charge is 0.123 e. The first-order chi connectivity index (χ1) is 7.75. The van der Waals surface area contributed by atoms with Crippen LogP contribution in [0.25, 0.3) is 0 Å². The van der Waals surface area contributed by atoms with E-state index in [1.165, 1.54) is 12.1 Å². The van der Waals surface area contributed by atoms with Crippen LogP contribution in [0.3, 0.4) is 0 Å². The molecule has 84 valence electrons. The van der Waals surface area contributed by atoms with Crippen molar-refractivity contribution >= 4 is 0 Å². The zero-order chi connectivity index (χ0) is 11.4. The predicted molar refractivity (Wildman–Crippen MR) is 60.2 cm³/mol. The van der Waals surface area contributed by atoms with Crippen molar-refractivity contribution in [3.05, 3.63) is 53.6 Å². The maximum absolute atomic E-state index is 12.9. The van der Waals surface area contributed by atoms with E-state index in [1.54, 1.807) is 12.3 Å². The molecule has 0 radical (unpaired) electrons. The van der Waals surface area contributed by atoms with Gasteiger partial charge >= 0.3 is 0 Å². The Morgan fingerprint density at radius 1 is 1.50 bits per heavy atom. The zero-order valence-corrected chi connectivity index (χ0v) is 9.07. The van der Waals surface area contributed by atoms with E-state index in [0.717, 1.165) is 11.1 Å². The van der Waals surface area contributed by atoms with E-state index in [2.05, 4.69) is 15.5 Å². The van der Waals surface area contributed by atoms with Crippen LogP contribution in [0.4, 0.5) is 4.39 Å². The van der Waals surface area contributed by atoms with E-state index in [4.69, 9.17) is 0 Å². The molecular formula is C12H14FN3. The summed E-state index contributed by atoms with van der Waals surface area (Å²) in [5.74, 6) is -0.199. The number of rotatable bonds is 4. The lowest BCUT2D eigenvalue weighted by molar-refractivity contribution is 0.569. The Bertz CT molecular complexity index is 439. The molecule has 2 rings (SSSR count). The number of nitrogens with one attached hydrogen (secondary N) is 2. The molecule has 4 heteroatoms. The van der Waals surface area contributed by atoms with Gasteiger partial charge in [-0.3, -0.25) is 5.10 Å². The summed E-state index contributed by atoms with van der Waals surface area (Å²) in [6, 6.07) is 6.80. The Hall–Kier alpha value is -1.68. The molecule has 0 aliphatic heterocycles. The minimum atomic E-state index is -0.199. The number of aromatic nitrogens is 2. The van der Waals surface area contributed by atoms with Crippen LogP contribution >= 0.6 is 0 Å². The second-order valence-electron chi connectivity index (χ2n) is 3.76.